The summed E-state index contributed by atoms with van der Waals surface area (Å²) in [5.41, 5.74) is -0.946. The quantitative estimate of drug-likeness (QED) is 0.616. The fraction of sp³-hybridized carbons (Fsp3) is 0.222. The summed E-state index contributed by atoms with van der Waals surface area (Å²) in [7, 11) is 0. The first-order valence-corrected chi connectivity index (χ1v) is 4.91. The first kappa shape index (κ1) is 13.0. The lowest BCUT2D eigenvalue weighted by Crippen LogP contribution is -2.09. The second-order valence-electron chi connectivity index (χ2n) is 2.88. The molecule has 0 N–H and O–H groups in total. The average molecular weight is 301 g/mol. The van der Waals surface area contributed by atoms with Gasteiger partial charge in [0, 0.05) is 4.53 Å². The molecule has 0 heterocycles. The minimum Gasteiger partial charge on any atom is -0.253 e. The number of halogens is 5. The Kier molecular flexibility index (Phi) is 3.90. The summed E-state index contributed by atoms with van der Waals surface area (Å²) < 4.78 is 48.5. The van der Waals surface area contributed by atoms with Crippen LogP contribution in [0.15, 0.2) is 24.3 Å². The van der Waals surface area contributed by atoms with Crippen LogP contribution in [0.2, 0.25) is 0 Å². The monoisotopic (exact) mass is 300 g/mol. The molecule has 1 atom stereocenters. The molecule has 0 spiro atoms. The Morgan fingerprint density at radius 2 is 2.00 bits per heavy atom. The summed E-state index contributed by atoms with van der Waals surface area (Å²) in [6.07, 6.45) is -4.51. The molecule has 7 heteroatoms. The van der Waals surface area contributed by atoms with Gasteiger partial charge >= 0.3 is 12.1 Å². The van der Waals surface area contributed by atoms with Gasteiger partial charge in [-0.1, -0.05) is 34.1 Å². The number of hydrogen-bond acceptors (Lipinski definition) is 2. The van der Waals surface area contributed by atoms with Gasteiger partial charge in [-0.3, -0.25) is 4.94 Å². The molecular weight excluding hydrogens is 296 g/mol. The summed E-state index contributed by atoms with van der Waals surface area (Å²) >= 11 is 2.73. The summed E-state index contributed by atoms with van der Waals surface area (Å²) in [5.74, 6) is -1.31. The van der Waals surface area contributed by atoms with Gasteiger partial charge in [0.05, 0.1) is 5.56 Å². The average Bonchev–Trinajstić information content (AvgIpc) is 2.26. The van der Waals surface area contributed by atoms with Crippen LogP contribution in [-0.4, -0.2) is 5.97 Å². The predicted octanol–water partition coefficient (Wildman–Crippen LogP) is 3.57. The van der Waals surface area contributed by atoms with E-state index < -0.39 is 22.5 Å². The Morgan fingerprint density at radius 3 is 2.50 bits per heavy atom. The zero-order valence-electron chi connectivity index (χ0n) is 7.59. The topological polar surface area (TPSA) is 26.3 Å². The first-order valence-electron chi connectivity index (χ1n) is 4.00. The Bertz CT molecular complexity index is 391. The summed E-state index contributed by atoms with van der Waals surface area (Å²) in [6.45, 7) is 0. The molecule has 0 saturated heterocycles. The lowest BCUT2D eigenvalue weighted by molar-refractivity contribution is -0.182. The van der Waals surface area contributed by atoms with Crippen LogP contribution in [-0.2, 0) is 15.9 Å². The third-order valence-electron chi connectivity index (χ3n) is 1.79. The second kappa shape index (κ2) is 4.82. The third kappa shape index (κ3) is 2.94. The van der Waals surface area contributed by atoms with Gasteiger partial charge < -0.3 is 0 Å². The largest absolute Gasteiger partial charge is 0.416 e. The highest BCUT2D eigenvalue weighted by Crippen LogP contribution is 2.32. The third-order valence-corrected chi connectivity index (χ3v) is 2.69. The summed E-state index contributed by atoms with van der Waals surface area (Å²) in [5, 5.41) is 0. The zero-order valence-corrected chi connectivity index (χ0v) is 9.18. The molecule has 0 fully saturated rings. The summed E-state index contributed by atoms with van der Waals surface area (Å²) in [6, 6.07) is 3.98. The van der Waals surface area contributed by atoms with Gasteiger partial charge in [-0.05, 0) is 11.6 Å². The number of rotatable bonds is 2. The van der Waals surface area contributed by atoms with Crippen molar-refractivity contribution in [3.05, 3.63) is 35.4 Å². The highest BCUT2D eigenvalue weighted by atomic mass is 79.9. The number of benzene rings is 1. The van der Waals surface area contributed by atoms with Crippen LogP contribution in [0.25, 0.3) is 0 Å². The van der Waals surface area contributed by atoms with E-state index in [1.165, 1.54) is 6.07 Å². The molecule has 0 aliphatic rings. The van der Waals surface area contributed by atoms with Crippen molar-refractivity contribution in [3.8, 4) is 0 Å². The van der Waals surface area contributed by atoms with Gasteiger partial charge in [0.25, 0.3) is 0 Å². The number of carbonyl (C=O) groups excluding carboxylic acids is 1. The van der Waals surface area contributed by atoms with Crippen molar-refractivity contribution in [2.45, 2.75) is 11.0 Å². The van der Waals surface area contributed by atoms with Crippen LogP contribution in [0, 0.1) is 0 Å². The van der Waals surface area contributed by atoms with Gasteiger partial charge in [-0.15, -0.1) is 0 Å². The predicted molar refractivity (Wildman–Crippen MR) is 50.3 cm³/mol. The number of hydrogen-bond donors (Lipinski definition) is 0. The maximum absolute atomic E-state index is 12.3. The van der Waals surface area contributed by atoms with Crippen LogP contribution >= 0.6 is 15.9 Å². The van der Waals surface area contributed by atoms with E-state index in [2.05, 4.69) is 20.9 Å². The number of alkyl halides is 4. The van der Waals surface area contributed by atoms with E-state index >= 15 is 0 Å². The van der Waals surface area contributed by atoms with Gasteiger partial charge in [0.15, 0.2) is 0 Å². The zero-order chi connectivity index (χ0) is 12.3. The molecule has 0 radical (unpaired) electrons. The van der Waals surface area contributed by atoms with Crippen molar-refractivity contribution in [1.29, 1.82) is 0 Å². The van der Waals surface area contributed by atoms with E-state index in [0.29, 0.717) is 0 Å². The van der Waals surface area contributed by atoms with E-state index in [9.17, 15) is 22.5 Å². The molecule has 2 nitrogen and oxygen atoms in total. The fourth-order valence-corrected chi connectivity index (χ4v) is 1.40. The molecule has 16 heavy (non-hydrogen) atoms. The maximum Gasteiger partial charge on any atom is 0.416 e. The molecular formula is C9H5BrF4O2. The molecule has 1 unspecified atom stereocenters. The molecule has 0 saturated carbocycles. The fourth-order valence-electron chi connectivity index (χ4n) is 1.05. The van der Waals surface area contributed by atoms with Gasteiger partial charge in [0.1, 0.15) is 4.83 Å². The highest BCUT2D eigenvalue weighted by molar-refractivity contribution is 9.09. The molecule has 1 aromatic rings. The van der Waals surface area contributed by atoms with Crippen LogP contribution in [0.3, 0.4) is 0 Å². The van der Waals surface area contributed by atoms with Crippen LogP contribution < -0.4 is 0 Å². The van der Waals surface area contributed by atoms with Gasteiger partial charge in [-0.2, -0.15) is 13.2 Å². The lowest BCUT2D eigenvalue weighted by Gasteiger charge is -2.10. The molecule has 0 aliphatic heterocycles. The smallest absolute Gasteiger partial charge is 0.253 e. The minimum atomic E-state index is -4.51. The molecule has 0 bridgehead atoms. The van der Waals surface area contributed by atoms with Crippen LogP contribution in [0.5, 0.6) is 0 Å². The van der Waals surface area contributed by atoms with E-state index in [4.69, 9.17) is 0 Å². The Labute approximate surface area is 96.2 Å². The van der Waals surface area contributed by atoms with Crippen molar-refractivity contribution < 1.29 is 27.4 Å². The summed E-state index contributed by atoms with van der Waals surface area (Å²) in [4.78, 5) is 12.4. The second-order valence-corrected chi connectivity index (χ2v) is 3.80. The molecule has 88 valence electrons. The SMILES string of the molecule is O=C(OF)C(Br)c1cccc(C(F)(F)F)c1. The van der Waals surface area contributed by atoms with E-state index in [-0.39, 0.29) is 5.56 Å². The van der Waals surface area contributed by atoms with Crippen LogP contribution in [0.4, 0.5) is 17.7 Å². The van der Waals surface area contributed by atoms with E-state index in [1.807, 2.05) is 0 Å². The Morgan fingerprint density at radius 1 is 1.38 bits per heavy atom. The Hall–Kier alpha value is -1.11. The normalized spacial score (nSPS) is 13.3. The van der Waals surface area contributed by atoms with E-state index in [1.54, 1.807) is 0 Å². The maximum atomic E-state index is 12.3. The standard InChI is InChI=1S/C9H5BrF4O2/c10-7(8(15)16-14)5-2-1-3-6(4-5)9(11,12)13/h1-4,7H. The highest BCUT2D eigenvalue weighted by Gasteiger charge is 2.31. The Balaban J connectivity index is 3.04. The van der Waals surface area contributed by atoms with Gasteiger partial charge in [0.2, 0.25) is 0 Å². The van der Waals surface area contributed by atoms with E-state index in [0.717, 1.165) is 18.2 Å². The molecule has 1 aromatic carbocycles. The minimum absolute atomic E-state index is 0.0301. The van der Waals surface area contributed by atoms with Crippen LogP contribution in [0.1, 0.15) is 16.0 Å². The molecule has 0 aliphatic carbocycles. The van der Waals surface area contributed by atoms with Crippen molar-refractivity contribution in [2.75, 3.05) is 0 Å². The first-order chi connectivity index (χ1) is 7.36. The van der Waals surface area contributed by atoms with Gasteiger partial charge in [-0.25, -0.2) is 4.79 Å². The lowest BCUT2D eigenvalue weighted by atomic mass is 10.1. The molecule has 0 aromatic heterocycles. The molecule has 1 rings (SSSR count). The van der Waals surface area contributed by atoms with Crippen molar-refractivity contribution in [3.63, 3.8) is 0 Å². The molecule has 0 amide bonds. The van der Waals surface area contributed by atoms with Crippen molar-refractivity contribution >= 4 is 21.9 Å². The van der Waals surface area contributed by atoms with Crippen molar-refractivity contribution in [2.24, 2.45) is 0 Å². The number of carbonyl (C=O) groups is 1. The van der Waals surface area contributed by atoms with Crippen molar-refractivity contribution in [1.82, 2.24) is 0 Å².